The number of rotatable bonds is 3. The largest absolute Gasteiger partial charge is 0.507 e. The molecule has 0 fully saturated rings. The molecule has 3 aromatic rings. The number of aromatic nitrogens is 2. The van der Waals surface area contributed by atoms with Crippen LogP contribution >= 0.6 is 15.9 Å². The van der Waals surface area contributed by atoms with Crippen molar-refractivity contribution < 1.29 is 9.90 Å². The van der Waals surface area contributed by atoms with Gasteiger partial charge in [-0.1, -0.05) is 12.1 Å². The molecule has 3 rings (SSSR count). The summed E-state index contributed by atoms with van der Waals surface area (Å²) in [7, 11) is 0. The summed E-state index contributed by atoms with van der Waals surface area (Å²) in [6.07, 6.45) is 3.17. The number of amides is 1. The van der Waals surface area contributed by atoms with Gasteiger partial charge in [-0.05, 0) is 47.1 Å². The minimum atomic E-state index is -0.375. The Labute approximate surface area is 140 Å². The summed E-state index contributed by atoms with van der Waals surface area (Å²) in [5.41, 5.74) is 4.68. The molecule has 1 aromatic carbocycles. The van der Waals surface area contributed by atoms with Gasteiger partial charge in [0.05, 0.1) is 11.9 Å². The molecule has 0 saturated heterocycles. The highest BCUT2D eigenvalue weighted by molar-refractivity contribution is 9.10. The minimum Gasteiger partial charge on any atom is -0.507 e. The highest BCUT2D eigenvalue weighted by Gasteiger charge is 2.16. The van der Waals surface area contributed by atoms with Crippen LogP contribution < -0.4 is 5.43 Å². The molecule has 2 aromatic heterocycles. The number of hydrogen-bond acceptors (Lipinski definition) is 4. The number of carbonyl (C=O) groups is 1. The first-order chi connectivity index (χ1) is 11.1. The van der Waals surface area contributed by atoms with Gasteiger partial charge in [-0.3, -0.25) is 9.20 Å². The van der Waals surface area contributed by atoms with Crippen LogP contribution in [-0.2, 0) is 0 Å². The zero-order valence-corrected chi connectivity index (χ0v) is 13.8. The lowest BCUT2D eigenvalue weighted by Gasteiger charge is -2.02. The van der Waals surface area contributed by atoms with Gasteiger partial charge in [-0.25, -0.2) is 10.4 Å². The number of pyridine rings is 1. The zero-order valence-electron chi connectivity index (χ0n) is 12.2. The Morgan fingerprint density at radius 2 is 2.13 bits per heavy atom. The number of fused-ring (bicyclic) bond motifs is 1. The van der Waals surface area contributed by atoms with Crippen molar-refractivity contribution in [2.45, 2.75) is 6.92 Å². The maximum absolute atomic E-state index is 12.4. The molecular weight excluding hydrogens is 360 g/mol. The Bertz CT molecular complexity index is 918. The van der Waals surface area contributed by atoms with Gasteiger partial charge in [0.25, 0.3) is 5.91 Å². The van der Waals surface area contributed by atoms with Gasteiger partial charge in [-0.15, -0.1) is 0 Å². The molecule has 0 aliphatic carbocycles. The van der Waals surface area contributed by atoms with E-state index in [4.69, 9.17) is 0 Å². The van der Waals surface area contributed by atoms with Crippen LogP contribution in [0.4, 0.5) is 0 Å². The van der Waals surface area contributed by atoms with Crippen molar-refractivity contribution in [3.63, 3.8) is 0 Å². The highest BCUT2D eigenvalue weighted by atomic mass is 79.9. The number of phenols is 1. The summed E-state index contributed by atoms with van der Waals surface area (Å²) in [4.78, 5) is 16.7. The molecule has 0 saturated carbocycles. The molecule has 116 valence electrons. The Balaban J connectivity index is 1.85. The van der Waals surface area contributed by atoms with Gasteiger partial charge in [-0.2, -0.15) is 5.10 Å². The van der Waals surface area contributed by atoms with Gasteiger partial charge in [0.2, 0.25) is 0 Å². The summed E-state index contributed by atoms with van der Waals surface area (Å²) < 4.78 is 2.54. The number of carbonyl (C=O) groups excluding carboxylic acids is 1. The summed E-state index contributed by atoms with van der Waals surface area (Å²) >= 11 is 3.38. The van der Waals surface area contributed by atoms with E-state index in [1.165, 1.54) is 6.21 Å². The number of aryl methyl sites for hydroxylation is 1. The molecule has 0 atom stereocenters. The third kappa shape index (κ3) is 3.09. The molecule has 0 spiro atoms. The first-order valence-corrected chi connectivity index (χ1v) is 7.61. The average Bonchev–Trinajstić information content (AvgIpc) is 2.84. The van der Waals surface area contributed by atoms with E-state index >= 15 is 0 Å². The second kappa shape index (κ2) is 6.21. The first-order valence-electron chi connectivity index (χ1n) is 6.82. The number of halogens is 1. The average molecular weight is 373 g/mol. The van der Waals surface area contributed by atoms with E-state index in [2.05, 4.69) is 31.4 Å². The Morgan fingerprint density at radius 1 is 1.35 bits per heavy atom. The smallest absolute Gasteiger partial charge is 0.290 e. The number of hydrogen-bond donors (Lipinski definition) is 2. The van der Waals surface area contributed by atoms with Crippen molar-refractivity contribution in [1.82, 2.24) is 14.8 Å². The highest BCUT2D eigenvalue weighted by Crippen LogP contribution is 2.17. The lowest BCUT2D eigenvalue weighted by Crippen LogP contribution is -2.20. The molecule has 0 aliphatic heterocycles. The Morgan fingerprint density at radius 3 is 2.91 bits per heavy atom. The first kappa shape index (κ1) is 15.2. The summed E-state index contributed by atoms with van der Waals surface area (Å²) in [6.45, 7) is 1.77. The van der Waals surface area contributed by atoms with E-state index in [1.54, 1.807) is 41.8 Å². The van der Waals surface area contributed by atoms with E-state index in [-0.39, 0.29) is 11.7 Å². The third-order valence-electron chi connectivity index (χ3n) is 3.28. The van der Waals surface area contributed by atoms with E-state index in [9.17, 15) is 9.90 Å². The molecular formula is C16H13BrN4O2. The van der Waals surface area contributed by atoms with Gasteiger partial charge in [0, 0.05) is 16.2 Å². The third-order valence-corrected chi connectivity index (χ3v) is 3.75. The van der Waals surface area contributed by atoms with Crippen LogP contribution in [0.25, 0.3) is 5.65 Å². The number of para-hydroxylation sites is 1. The van der Waals surface area contributed by atoms with Gasteiger partial charge < -0.3 is 5.11 Å². The molecule has 2 N–H and O–H groups in total. The quantitative estimate of drug-likeness (QED) is 0.547. The lowest BCUT2D eigenvalue weighted by molar-refractivity contribution is 0.0948. The second-order valence-corrected chi connectivity index (χ2v) is 5.79. The van der Waals surface area contributed by atoms with Crippen molar-refractivity contribution in [2.75, 3.05) is 0 Å². The molecule has 0 unspecified atom stereocenters. The molecule has 23 heavy (non-hydrogen) atoms. The van der Waals surface area contributed by atoms with Crippen molar-refractivity contribution in [2.24, 2.45) is 5.10 Å². The van der Waals surface area contributed by atoms with Gasteiger partial charge >= 0.3 is 0 Å². The summed E-state index contributed by atoms with van der Waals surface area (Å²) in [5.74, 6) is -0.278. The molecule has 1 amide bonds. The van der Waals surface area contributed by atoms with Gasteiger partial charge in [0.1, 0.15) is 17.1 Å². The minimum absolute atomic E-state index is 0.0976. The van der Waals surface area contributed by atoms with Crippen molar-refractivity contribution in [1.29, 1.82) is 0 Å². The number of aromatic hydroxyl groups is 1. The molecule has 6 nitrogen and oxygen atoms in total. The van der Waals surface area contributed by atoms with E-state index in [1.807, 2.05) is 12.1 Å². The monoisotopic (exact) mass is 372 g/mol. The summed E-state index contributed by atoms with van der Waals surface area (Å²) in [5, 5.41) is 13.5. The predicted molar refractivity (Wildman–Crippen MR) is 90.8 cm³/mol. The Hall–Kier alpha value is -2.67. The molecule has 0 radical (unpaired) electrons. The SMILES string of the molecule is Cc1nc2ccc(Br)cn2c1C(=O)NN=Cc1ccccc1O. The number of phenolic OH excluding ortho intramolecular Hbond substituents is 1. The number of nitrogens with one attached hydrogen (secondary N) is 1. The molecule has 0 bridgehead atoms. The normalized spacial score (nSPS) is 11.2. The van der Waals surface area contributed by atoms with Gasteiger partial charge in [0.15, 0.2) is 0 Å². The fourth-order valence-electron chi connectivity index (χ4n) is 2.22. The van der Waals surface area contributed by atoms with Crippen LogP contribution in [0.15, 0.2) is 52.2 Å². The van der Waals surface area contributed by atoms with Crippen LogP contribution in [0, 0.1) is 6.92 Å². The molecule has 0 aliphatic rings. The standard InChI is InChI=1S/C16H13BrN4O2/c1-10-15(21-9-12(17)6-7-14(21)19-10)16(23)20-18-8-11-4-2-3-5-13(11)22/h2-9,22H,1H3,(H,20,23). The predicted octanol–water partition coefficient (Wildman–Crippen LogP) is 2.87. The van der Waals surface area contributed by atoms with Crippen LogP contribution in [0.3, 0.4) is 0 Å². The van der Waals surface area contributed by atoms with Crippen molar-refractivity contribution >= 4 is 33.7 Å². The number of hydrazone groups is 1. The summed E-state index contributed by atoms with van der Waals surface area (Å²) in [6, 6.07) is 10.4. The number of imidazole rings is 1. The van der Waals surface area contributed by atoms with Crippen LogP contribution in [0.5, 0.6) is 5.75 Å². The van der Waals surface area contributed by atoms with E-state index in [0.717, 1.165) is 4.47 Å². The second-order valence-electron chi connectivity index (χ2n) is 4.88. The number of benzene rings is 1. The van der Waals surface area contributed by atoms with Crippen molar-refractivity contribution in [3.8, 4) is 5.75 Å². The maximum Gasteiger partial charge on any atom is 0.290 e. The molecule has 2 heterocycles. The maximum atomic E-state index is 12.4. The zero-order chi connectivity index (χ0) is 16.4. The fraction of sp³-hybridized carbons (Fsp3) is 0.0625. The molecule has 7 heteroatoms. The van der Waals surface area contributed by atoms with Crippen molar-refractivity contribution in [3.05, 3.63) is 64.0 Å². The van der Waals surface area contributed by atoms with Crippen LogP contribution in [0.1, 0.15) is 21.7 Å². The topological polar surface area (TPSA) is 79.0 Å². The Kier molecular flexibility index (Phi) is 4.12. The van der Waals surface area contributed by atoms with E-state index in [0.29, 0.717) is 22.6 Å². The number of nitrogens with zero attached hydrogens (tertiary/aromatic N) is 3. The van der Waals surface area contributed by atoms with E-state index < -0.39 is 0 Å². The van der Waals surface area contributed by atoms with Crippen LogP contribution in [-0.4, -0.2) is 26.6 Å². The lowest BCUT2D eigenvalue weighted by atomic mass is 10.2. The van der Waals surface area contributed by atoms with Crippen LogP contribution in [0.2, 0.25) is 0 Å². The fourth-order valence-corrected chi connectivity index (χ4v) is 2.56.